The minimum atomic E-state index is 0.0558. The standard InChI is InChI=1S/C14H21NO2/c1-12(2)14(16)15-9-6-10-17-11-13-7-4-3-5-8-13/h3-5,7-8,12H,6,9-11H2,1-2H3,(H,15,16). The summed E-state index contributed by atoms with van der Waals surface area (Å²) in [4.78, 5) is 11.2. The first-order valence-electron chi connectivity index (χ1n) is 6.09. The number of carbonyl (C=O) groups is 1. The smallest absolute Gasteiger partial charge is 0.222 e. The van der Waals surface area contributed by atoms with Crippen molar-refractivity contribution in [3.05, 3.63) is 35.9 Å². The molecule has 0 spiro atoms. The summed E-state index contributed by atoms with van der Waals surface area (Å²) in [5, 5.41) is 2.86. The van der Waals surface area contributed by atoms with Crippen LogP contribution >= 0.6 is 0 Å². The Kier molecular flexibility index (Phi) is 6.33. The lowest BCUT2D eigenvalue weighted by molar-refractivity contribution is -0.124. The van der Waals surface area contributed by atoms with Gasteiger partial charge in [-0.15, -0.1) is 0 Å². The number of carbonyl (C=O) groups excluding carboxylic acids is 1. The maximum Gasteiger partial charge on any atom is 0.222 e. The second kappa shape index (κ2) is 7.85. The van der Waals surface area contributed by atoms with Gasteiger partial charge in [-0.2, -0.15) is 0 Å². The van der Waals surface area contributed by atoms with Gasteiger partial charge in [-0.05, 0) is 12.0 Å². The lowest BCUT2D eigenvalue weighted by Gasteiger charge is -2.08. The summed E-state index contributed by atoms with van der Waals surface area (Å²) < 4.78 is 5.51. The summed E-state index contributed by atoms with van der Waals surface area (Å²) in [7, 11) is 0. The molecule has 94 valence electrons. The fourth-order valence-corrected chi connectivity index (χ4v) is 1.35. The Bertz CT molecular complexity index is 322. The molecule has 0 unspecified atom stereocenters. The SMILES string of the molecule is CC(C)C(=O)NCCCOCc1ccccc1. The molecular formula is C14H21NO2. The predicted molar refractivity (Wildman–Crippen MR) is 68.6 cm³/mol. The quantitative estimate of drug-likeness (QED) is 0.737. The van der Waals surface area contributed by atoms with Crippen molar-refractivity contribution < 1.29 is 9.53 Å². The first-order chi connectivity index (χ1) is 8.20. The van der Waals surface area contributed by atoms with Gasteiger partial charge in [-0.25, -0.2) is 0 Å². The molecule has 0 atom stereocenters. The lowest BCUT2D eigenvalue weighted by Crippen LogP contribution is -2.29. The van der Waals surface area contributed by atoms with E-state index in [9.17, 15) is 4.79 Å². The zero-order valence-corrected chi connectivity index (χ0v) is 10.6. The maximum absolute atomic E-state index is 11.2. The number of amides is 1. The Morgan fingerprint density at radius 1 is 1.29 bits per heavy atom. The van der Waals surface area contributed by atoms with Gasteiger partial charge in [0.15, 0.2) is 0 Å². The number of rotatable bonds is 7. The number of benzene rings is 1. The van der Waals surface area contributed by atoms with Crippen molar-refractivity contribution in [2.75, 3.05) is 13.2 Å². The molecule has 0 bridgehead atoms. The number of hydrogen-bond donors (Lipinski definition) is 1. The van der Waals surface area contributed by atoms with E-state index in [4.69, 9.17) is 4.74 Å². The van der Waals surface area contributed by atoms with E-state index in [1.807, 2.05) is 44.2 Å². The predicted octanol–water partition coefficient (Wildman–Crippen LogP) is 2.37. The molecule has 1 N–H and O–H groups in total. The van der Waals surface area contributed by atoms with Gasteiger partial charge in [0.1, 0.15) is 0 Å². The van der Waals surface area contributed by atoms with Crippen LogP contribution in [0.4, 0.5) is 0 Å². The average molecular weight is 235 g/mol. The molecule has 1 rings (SSSR count). The van der Waals surface area contributed by atoms with E-state index in [1.165, 1.54) is 5.56 Å². The third-order valence-corrected chi connectivity index (χ3v) is 2.40. The van der Waals surface area contributed by atoms with Crippen molar-refractivity contribution >= 4 is 5.91 Å². The summed E-state index contributed by atoms with van der Waals surface area (Å²) in [5.41, 5.74) is 1.18. The van der Waals surface area contributed by atoms with Crippen molar-refractivity contribution in [2.24, 2.45) is 5.92 Å². The molecule has 17 heavy (non-hydrogen) atoms. The summed E-state index contributed by atoms with van der Waals surface area (Å²) in [6, 6.07) is 10.1. The molecule has 0 fully saturated rings. The van der Waals surface area contributed by atoms with E-state index in [0.29, 0.717) is 19.8 Å². The van der Waals surface area contributed by atoms with Crippen LogP contribution in [0.25, 0.3) is 0 Å². The molecule has 1 amide bonds. The van der Waals surface area contributed by atoms with E-state index in [1.54, 1.807) is 0 Å². The van der Waals surface area contributed by atoms with Gasteiger partial charge in [-0.3, -0.25) is 4.79 Å². The second-order valence-electron chi connectivity index (χ2n) is 4.34. The Hall–Kier alpha value is -1.35. The zero-order valence-electron chi connectivity index (χ0n) is 10.6. The van der Waals surface area contributed by atoms with Crippen LogP contribution in [0.1, 0.15) is 25.8 Å². The Morgan fingerprint density at radius 3 is 2.65 bits per heavy atom. The highest BCUT2D eigenvalue weighted by atomic mass is 16.5. The van der Waals surface area contributed by atoms with Crippen LogP contribution in [0.15, 0.2) is 30.3 Å². The van der Waals surface area contributed by atoms with Crippen molar-refractivity contribution in [3.63, 3.8) is 0 Å². The van der Waals surface area contributed by atoms with Gasteiger partial charge in [0.25, 0.3) is 0 Å². The van der Waals surface area contributed by atoms with Crippen LogP contribution in [-0.4, -0.2) is 19.1 Å². The van der Waals surface area contributed by atoms with Crippen molar-refractivity contribution in [2.45, 2.75) is 26.9 Å². The normalized spacial score (nSPS) is 10.5. The molecule has 1 aromatic carbocycles. The largest absolute Gasteiger partial charge is 0.377 e. The third-order valence-electron chi connectivity index (χ3n) is 2.40. The molecule has 3 heteroatoms. The van der Waals surface area contributed by atoms with Crippen molar-refractivity contribution in [1.82, 2.24) is 5.32 Å². The van der Waals surface area contributed by atoms with Crippen LogP contribution in [0, 0.1) is 5.92 Å². The first-order valence-corrected chi connectivity index (χ1v) is 6.09. The van der Waals surface area contributed by atoms with Crippen LogP contribution < -0.4 is 5.32 Å². The van der Waals surface area contributed by atoms with Gasteiger partial charge in [0, 0.05) is 19.1 Å². The molecule has 0 saturated heterocycles. The molecule has 0 aliphatic carbocycles. The third kappa shape index (κ3) is 6.07. The molecule has 0 aliphatic heterocycles. The van der Waals surface area contributed by atoms with E-state index in [-0.39, 0.29) is 11.8 Å². The number of nitrogens with one attached hydrogen (secondary N) is 1. The van der Waals surface area contributed by atoms with Crippen LogP contribution in [0.5, 0.6) is 0 Å². The molecule has 0 saturated carbocycles. The van der Waals surface area contributed by atoms with E-state index < -0.39 is 0 Å². The average Bonchev–Trinajstić information content (AvgIpc) is 2.34. The molecule has 1 aromatic rings. The van der Waals surface area contributed by atoms with Crippen LogP contribution in [0.3, 0.4) is 0 Å². The summed E-state index contributed by atoms with van der Waals surface area (Å²) in [5.74, 6) is 0.160. The summed E-state index contributed by atoms with van der Waals surface area (Å²) >= 11 is 0. The van der Waals surface area contributed by atoms with Gasteiger partial charge in [0.2, 0.25) is 5.91 Å². The van der Waals surface area contributed by atoms with Gasteiger partial charge in [0.05, 0.1) is 6.61 Å². The molecule has 0 heterocycles. The minimum Gasteiger partial charge on any atom is -0.377 e. The Balaban J connectivity index is 2.00. The molecule has 3 nitrogen and oxygen atoms in total. The molecular weight excluding hydrogens is 214 g/mol. The van der Waals surface area contributed by atoms with E-state index >= 15 is 0 Å². The number of ether oxygens (including phenoxy) is 1. The minimum absolute atomic E-state index is 0.0558. The van der Waals surface area contributed by atoms with Gasteiger partial charge < -0.3 is 10.1 Å². The van der Waals surface area contributed by atoms with Gasteiger partial charge in [-0.1, -0.05) is 44.2 Å². The molecule has 0 aliphatic rings. The monoisotopic (exact) mass is 235 g/mol. The van der Waals surface area contributed by atoms with E-state index in [2.05, 4.69) is 5.32 Å². The summed E-state index contributed by atoms with van der Waals surface area (Å²) in [6.07, 6.45) is 0.852. The topological polar surface area (TPSA) is 38.3 Å². The van der Waals surface area contributed by atoms with Gasteiger partial charge >= 0.3 is 0 Å². The van der Waals surface area contributed by atoms with Crippen molar-refractivity contribution in [3.8, 4) is 0 Å². The fraction of sp³-hybridized carbons (Fsp3) is 0.500. The highest BCUT2D eigenvalue weighted by Crippen LogP contribution is 2.00. The first kappa shape index (κ1) is 13.7. The molecule has 0 aromatic heterocycles. The van der Waals surface area contributed by atoms with Crippen molar-refractivity contribution in [1.29, 1.82) is 0 Å². The lowest BCUT2D eigenvalue weighted by atomic mass is 10.2. The fourth-order valence-electron chi connectivity index (χ4n) is 1.35. The Morgan fingerprint density at radius 2 is 2.00 bits per heavy atom. The van der Waals surface area contributed by atoms with E-state index in [0.717, 1.165) is 6.42 Å². The van der Waals surface area contributed by atoms with Crippen LogP contribution in [0.2, 0.25) is 0 Å². The Labute approximate surface area is 103 Å². The maximum atomic E-state index is 11.2. The zero-order chi connectivity index (χ0) is 12.5. The molecule has 0 radical (unpaired) electrons. The highest BCUT2D eigenvalue weighted by Gasteiger charge is 2.04. The number of hydrogen-bond acceptors (Lipinski definition) is 2. The summed E-state index contributed by atoms with van der Waals surface area (Å²) in [6.45, 7) is 5.78. The highest BCUT2D eigenvalue weighted by molar-refractivity contribution is 5.77. The van der Waals surface area contributed by atoms with Crippen LogP contribution in [-0.2, 0) is 16.1 Å². The second-order valence-corrected chi connectivity index (χ2v) is 4.34.